The average molecular weight is 430 g/mol. The number of sulfonamides is 1. The van der Waals surface area contributed by atoms with Crippen molar-refractivity contribution < 1.29 is 13.2 Å². The topological polar surface area (TPSA) is 54.5 Å². The number of thioether (sulfide) groups is 1. The number of hydrogen-bond acceptors (Lipinski definition) is 4. The molecule has 3 aromatic rings. The Morgan fingerprint density at radius 2 is 1.68 bits per heavy atom. The van der Waals surface area contributed by atoms with Gasteiger partial charge in [-0.1, -0.05) is 47.6 Å². The number of carbonyl (C=O) groups excluding carboxylic acids is 1. The van der Waals surface area contributed by atoms with E-state index in [1.807, 2.05) is 13.0 Å². The second-order valence-corrected chi connectivity index (χ2v) is 9.77. The van der Waals surface area contributed by atoms with Gasteiger partial charge in [-0.15, -0.1) is 0 Å². The number of anilines is 1. The van der Waals surface area contributed by atoms with Gasteiger partial charge in [0.1, 0.15) is 4.90 Å². The van der Waals surface area contributed by atoms with Gasteiger partial charge in [0.25, 0.3) is 10.0 Å². The summed E-state index contributed by atoms with van der Waals surface area (Å²) >= 11 is 7.18. The summed E-state index contributed by atoms with van der Waals surface area (Å²) < 4.78 is 28.1. The molecule has 0 spiro atoms. The molecule has 3 aromatic carbocycles. The molecule has 0 N–H and O–H groups in total. The van der Waals surface area contributed by atoms with Crippen LogP contribution in [0.3, 0.4) is 0 Å². The summed E-state index contributed by atoms with van der Waals surface area (Å²) in [6.45, 7) is 1.90. The lowest BCUT2D eigenvalue weighted by molar-refractivity contribution is 0.0991. The fourth-order valence-corrected chi connectivity index (χ4v) is 6.79. The van der Waals surface area contributed by atoms with E-state index in [1.165, 1.54) is 16.1 Å². The van der Waals surface area contributed by atoms with Gasteiger partial charge in [-0.2, -0.15) is 0 Å². The highest BCUT2D eigenvalue weighted by Gasteiger charge is 2.43. The van der Waals surface area contributed by atoms with Crippen molar-refractivity contribution in [1.82, 2.24) is 0 Å². The Morgan fingerprint density at radius 3 is 2.36 bits per heavy atom. The zero-order valence-electron chi connectivity index (χ0n) is 14.9. The zero-order valence-corrected chi connectivity index (χ0v) is 17.3. The van der Waals surface area contributed by atoms with E-state index in [0.717, 1.165) is 5.56 Å². The number of Topliss-reactive ketones (excluding diaryl/α,β-unsaturated/α-hetero) is 1. The summed E-state index contributed by atoms with van der Waals surface area (Å²) in [6.07, 6.45) is 0. The number of hydrogen-bond donors (Lipinski definition) is 0. The van der Waals surface area contributed by atoms with E-state index in [4.69, 9.17) is 11.6 Å². The number of benzene rings is 3. The van der Waals surface area contributed by atoms with Gasteiger partial charge in [-0.25, -0.2) is 12.7 Å². The monoisotopic (exact) mass is 429 g/mol. The maximum absolute atomic E-state index is 13.5. The van der Waals surface area contributed by atoms with Crippen molar-refractivity contribution in [1.29, 1.82) is 0 Å². The van der Waals surface area contributed by atoms with Crippen LogP contribution in [-0.4, -0.2) is 19.6 Å². The summed E-state index contributed by atoms with van der Waals surface area (Å²) in [4.78, 5) is 14.1. The predicted octanol–water partition coefficient (Wildman–Crippen LogP) is 5.16. The molecule has 1 aliphatic rings. The van der Waals surface area contributed by atoms with Crippen molar-refractivity contribution in [2.75, 3.05) is 4.31 Å². The minimum absolute atomic E-state index is 0.215. The third-order valence-electron chi connectivity index (χ3n) is 4.45. The van der Waals surface area contributed by atoms with Crippen LogP contribution in [0.2, 0.25) is 5.02 Å². The standard InChI is InChI=1S/C21H16ClNO3S2/c1-14-7-12-19-18(13-14)27-21(20(24)15-8-10-16(22)11-9-15)23(28(19,25)26)17-5-3-2-4-6-17/h2-13,21H,1H3. The number of fused-ring (bicyclic) bond motifs is 1. The molecule has 0 aliphatic carbocycles. The smallest absolute Gasteiger partial charge is 0.266 e. The number of halogens is 1. The molecule has 1 atom stereocenters. The average Bonchev–Trinajstić information content (AvgIpc) is 2.67. The van der Waals surface area contributed by atoms with Crippen molar-refractivity contribution in [3.8, 4) is 0 Å². The summed E-state index contributed by atoms with van der Waals surface area (Å²) in [7, 11) is -3.90. The van der Waals surface area contributed by atoms with Gasteiger partial charge < -0.3 is 0 Å². The molecule has 0 bridgehead atoms. The van der Waals surface area contributed by atoms with Crippen molar-refractivity contribution in [2.45, 2.75) is 22.1 Å². The van der Waals surface area contributed by atoms with Crippen LogP contribution in [0.25, 0.3) is 0 Å². The van der Waals surface area contributed by atoms with Crippen LogP contribution in [-0.2, 0) is 10.0 Å². The first kappa shape index (κ1) is 19.1. The van der Waals surface area contributed by atoms with E-state index in [-0.39, 0.29) is 10.7 Å². The van der Waals surface area contributed by atoms with E-state index in [2.05, 4.69) is 0 Å². The summed E-state index contributed by atoms with van der Waals surface area (Å²) in [6, 6.07) is 20.4. The molecule has 1 aliphatic heterocycles. The van der Waals surface area contributed by atoms with Crippen molar-refractivity contribution in [2.24, 2.45) is 0 Å². The van der Waals surface area contributed by atoms with E-state index in [9.17, 15) is 13.2 Å². The molecule has 0 saturated carbocycles. The second-order valence-electron chi connectivity index (χ2n) is 6.43. The largest absolute Gasteiger partial charge is 0.291 e. The predicted molar refractivity (Wildman–Crippen MR) is 113 cm³/mol. The fourth-order valence-electron chi connectivity index (χ4n) is 3.09. The van der Waals surface area contributed by atoms with Crippen LogP contribution in [0.15, 0.2) is 82.6 Å². The van der Waals surface area contributed by atoms with E-state index in [1.54, 1.807) is 66.7 Å². The van der Waals surface area contributed by atoms with Crippen LogP contribution in [0.5, 0.6) is 0 Å². The molecule has 142 valence electrons. The highest BCUT2D eigenvalue weighted by atomic mass is 35.5. The third kappa shape index (κ3) is 3.32. The molecule has 0 radical (unpaired) electrons. The number of carbonyl (C=O) groups is 1. The van der Waals surface area contributed by atoms with Crippen LogP contribution < -0.4 is 4.31 Å². The lowest BCUT2D eigenvalue weighted by Gasteiger charge is -2.36. The molecular formula is C21H16ClNO3S2. The number of rotatable bonds is 3. The molecule has 28 heavy (non-hydrogen) atoms. The Hall–Kier alpha value is -2.28. The molecule has 4 rings (SSSR count). The minimum Gasteiger partial charge on any atom is -0.291 e. The normalized spacial score (nSPS) is 17.8. The first-order chi connectivity index (χ1) is 13.4. The molecule has 0 amide bonds. The highest BCUT2D eigenvalue weighted by Crippen LogP contribution is 2.44. The van der Waals surface area contributed by atoms with Crippen LogP contribution in [0.4, 0.5) is 5.69 Å². The molecule has 0 saturated heterocycles. The maximum Gasteiger partial charge on any atom is 0.266 e. The fraction of sp³-hybridized carbons (Fsp3) is 0.0952. The van der Waals surface area contributed by atoms with Crippen LogP contribution >= 0.6 is 23.4 Å². The van der Waals surface area contributed by atoms with Crippen molar-refractivity contribution in [3.63, 3.8) is 0 Å². The van der Waals surface area contributed by atoms with Crippen molar-refractivity contribution in [3.05, 3.63) is 88.9 Å². The molecule has 0 aromatic heterocycles. The number of nitrogens with zero attached hydrogens (tertiary/aromatic N) is 1. The summed E-state index contributed by atoms with van der Waals surface area (Å²) in [5, 5.41) is -0.427. The van der Waals surface area contributed by atoms with Crippen molar-refractivity contribution >= 4 is 44.9 Å². The first-order valence-electron chi connectivity index (χ1n) is 8.54. The lowest BCUT2D eigenvalue weighted by atomic mass is 10.1. The minimum atomic E-state index is -3.90. The highest BCUT2D eigenvalue weighted by molar-refractivity contribution is 8.04. The quantitative estimate of drug-likeness (QED) is 0.540. The molecular weight excluding hydrogens is 414 g/mol. The van der Waals surface area contributed by atoms with Gasteiger partial charge in [-0.05, 0) is 61.0 Å². The molecule has 1 heterocycles. The van der Waals surface area contributed by atoms with E-state index < -0.39 is 15.4 Å². The first-order valence-corrected chi connectivity index (χ1v) is 11.2. The molecule has 1 unspecified atom stereocenters. The molecule has 0 fully saturated rings. The van der Waals surface area contributed by atoms with Gasteiger partial charge >= 0.3 is 0 Å². The third-order valence-corrected chi connectivity index (χ3v) is 8.06. The summed E-state index contributed by atoms with van der Waals surface area (Å²) in [5.41, 5.74) is 1.80. The zero-order chi connectivity index (χ0) is 19.9. The Labute approximate surface area is 173 Å². The Balaban J connectivity index is 1.89. The molecule has 4 nitrogen and oxygen atoms in total. The van der Waals surface area contributed by atoms with Gasteiger partial charge in [0, 0.05) is 15.5 Å². The number of aryl methyl sites for hydroxylation is 1. The lowest BCUT2D eigenvalue weighted by Crippen LogP contribution is -2.46. The van der Waals surface area contributed by atoms with Gasteiger partial charge in [0.15, 0.2) is 11.2 Å². The Bertz CT molecular complexity index is 1150. The van der Waals surface area contributed by atoms with Gasteiger partial charge in [0.2, 0.25) is 0 Å². The van der Waals surface area contributed by atoms with E-state index in [0.29, 0.717) is 21.2 Å². The van der Waals surface area contributed by atoms with E-state index >= 15 is 0 Å². The Morgan fingerprint density at radius 1 is 1.00 bits per heavy atom. The van der Waals surface area contributed by atoms with Crippen LogP contribution in [0, 0.1) is 6.92 Å². The molecule has 7 heteroatoms. The Kier molecular flexibility index (Phi) is 4.95. The van der Waals surface area contributed by atoms with Crippen LogP contribution in [0.1, 0.15) is 15.9 Å². The maximum atomic E-state index is 13.5. The second kappa shape index (κ2) is 7.28. The van der Waals surface area contributed by atoms with Gasteiger partial charge in [0.05, 0.1) is 5.69 Å². The summed E-state index contributed by atoms with van der Waals surface area (Å²) in [5.74, 6) is -0.291. The number of para-hydroxylation sites is 1. The SMILES string of the molecule is Cc1ccc2c(c1)SC(C(=O)c1ccc(Cl)cc1)N(c1ccccc1)S2(=O)=O. The van der Waals surface area contributed by atoms with Gasteiger partial charge in [-0.3, -0.25) is 4.79 Å². The number of ketones is 1.